The number of nitro benzene ring substituents is 1. The van der Waals surface area contributed by atoms with Crippen LogP contribution in [0.15, 0.2) is 24.3 Å². The highest BCUT2D eigenvalue weighted by atomic mass is 16.6. The third-order valence-corrected chi connectivity index (χ3v) is 5.30. The van der Waals surface area contributed by atoms with E-state index in [0.29, 0.717) is 58.6 Å². The molecule has 0 fully saturated rings. The van der Waals surface area contributed by atoms with E-state index in [2.05, 4.69) is 6.92 Å². The van der Waals surface area contributed by atoms with Crippen LogP contribution in [-0.2, 0) is 18.9 Å². The number of ether oxygens (including phenoxy) is 5. The molecule has 8 heteroatoms. The number of unbranched alkanes of at least 4 members (excludes halogenated alkanes) is 9. The second-order valence-corrected chi connectivity index (χ2v) is 8.23. The first-order chi connectivity index (χ1) is 16.7. The highest BCUT2D eigenvalue weighted by Crippen LogP contribution is 2.17. The minimum absolute atomic E-state index is 0.0431. The van der Waals surface area contributed by atoms with E-state index >= 15 is 0 Å². The lowest BCUT2D eigenvalue weighted by molar-refractivity contribution is -0.384. The first kappa shape index (κ1) is 30.3. The van der Waals surface area contributed by atoms with Gasteiger partial charge in [-0.3, -0.25) is 10.1 Å². The molecule has 34 heavy (non-hydrogen) atoms. The van der Waals surface area contributed by atoms with E-state index in [9.17, 15) is 10.1 Å². The summed E-state index contributed by atoms with van der Waals surface area (Å²) in [5, 5.41) is 10.6. The Balaban J connectivity index is 1.71. The normalized spacial score (nSPS) is 11.1. The van der Waals surface area contributed by atoms with Gasteiger partial charge in [0.1, 0.15) is 12.4 Å². The van der Waals surface area contributed by atoms with Crippen LogP contribution in [0.25, 0.3) is 0 Å². The summed E-state index contributed by atoms with van der Waals surface area (Å²) in [5.41, 5.74) is 0.0431. The molecule has 0 N–H and O–H groups in total. The number of benzene rings is 1. The lowest BCUT2D eigenvalue weighted by atomic mass is 10.1. The predicted octanol–water partition coefficient (Wildman–Crippen LogP) is 5.96. The van der Waals surface area contributed by atoms with Crippen molar-refractivity contribution in [2.75, 3.05) is 59.5 Å². The van der Waals surface area contributed by atoms with Crippen molar-refractivity contribution in [3.05, 3.63) is 34.4 Å². The van der Waals surface area contributed by atoms with E-state index in [1.54, 1.807) is 12.1 Å². The highest BCUT2D eigenvalue weighted by Gasteiger charge is 2.04. The zero-order valence-electron chi connectivity index (χ0n) is 21.0. The van der Waals surface area contributed by atoms with Crippen molar-refractivity contribution in [1.82, 2.24) is 0 Å². The van der Waals surface area contributed by atoms with Crippen LogP contribution in [0.3, 0.4) is 0 Å². The van der Waals surface area contributed by atoms with Gasteiger partial charge in [-0.2, -0.15) is 0 Å². The fourth-order valence-electron chi connectivity index (χ4n) is 3.34. The van der Waals surface area contributed by atoms with Gasteiger partial charge >= 0.3 is 0 Å². The maximum atomic E-state index is 10.6. The first-order valence-electron chi connectivity index (χ1n) is 12.9. The molecule has 196 valence electrons. The predicted molar refractivity (Wildman–Crippen MR) is 134 cm³/mol. The number of nitrogens with zero attached hydrogens (tertiary/aromatic N) is 1. The van der Waals surface area contributed by atoms with E-state index in [0.717, 1.165) is 13.0 Å². The van der Waals surface area contributed by atoms with E-state index in [1.807, 2.05) is 0 Å². The molecule has 0 atom stereocenters. The molecular weight excluding hydrogens is 438 g/mol. The van der Waals surface area contributed by atoms with Crippen LogP contribution >= 0.6 is 0 Å². The van der Waals surface area contributed by atoms with E-state index in [-0.39, 0.29) is 5.69 Å². The van der Waals surface area contributed by atoms with Gasteiger partial charge in [0, 0.05) is 18.7 Å². The lowest BCUT2D eigenvalue weighted by Gasteiger charge is -2.08. The Labute approximate surface area is 205 Å². The molecule has 0 spiro atoms. The largest absolute Gasteiger partial charge is 0.491 e. The zero-order chi connectivity index (χ0) is 24.5. The average Bonchev–Trinajstić information content (AvgIpc) is 2.84. The lowest BCUT2D eigenvalue weighted by Crippen LogP contribution is -2.13. The van der Waals surface area contributed by atoms with E-state index < -0.39 is 4.92 Å². The first-order valence-corrected chi connectivity index (χ1v) is 12.9. The van der Waals surface area contributed by atoms with Gasteiger partial charge in [-0.25, -0.2) is 0 Å². The molecule has 1 rings (SSSR count). The summed E-state index contributed by atoms with van der Waals surface area (Å²) in [4.78, 5) is 10.2. The van der Waals surface area contributed by atoms with Crippen LogP contribution in [0.4, 0.5) is 5.69 Å². The minimum atomic E-state index is -0.439. The number of non-ortho nitro benzene ring substituents is 1. The van der Waals surface area contributed by atoms with Crippen LogP contribution in [0.5, 0.6) is 5.75 Å². The number of nitro groups is 1. The monoisotopic (exact) mass is 483 g/mol. The van der Waals surface area contributed by atoms with Crippen LogP contribution < -0.4 is 4.74 Å². The van der Waals surface area contributed by atoms with Crippen molar-refractivity contribution >= 4 is 5.69 Å². The topological polar surface area (TPSA) is 89.3 Å². The molecule has 0 unspecified atom stereocenters. The van der Waals surface area contributed by atoms with Gasteiger partial charge in [0.15, 0.2) is 0 Å². The summed E-state index contributed by atoms with van der Waals surface area (Å²) in [6.45, 7) is 7.16. The number of hydrogen-bond donors (Lipinski definition) is 0. The Bertz CT molecular complexity index is 583. The van der Waals surface area contributed by atoms with Crippen LogP contribution in [0, 0.1) is 10.1 Å². The second kappa shape index (κ2) is 23.0. The van der Waals surface area contributed by atoms with Gasteiger partial charge in [0.25, 0.3) is 5.69 Å². The van der Waals surface area contributed by atoms with E-state index in [4.69, 9.17) is 23.7 Å². The standard InChI is InChI=1S/C26H45NO7/c1-2-3-4-5-6-7-8-9-10-11-16-30-17-18-31-19-20-32-21-22-33-23-24-34-26-14-12-25(13-15-26)27(28)29/h12-15H,2-11,16-24H2,1H3. The molecule has 0 heterocycles. The Morgan fingerprint density at radius 1 is 0.588 bits per heavy atom. The number of rotatable bonds is 25. The van der Waals surface area contributed by atoms with Gasteiger partial charge in [0.05, 0.1) is 51.2 Å². The quantitative estimate of drug-likeness (QED) is 0.0962. The molecule has 1 aromatic rings. The molecule has 0 aliphatic carbocycles. The van der Waals surface area contributed by atoms with Gasteiger partial charge in [-0.15, -0.1) is 0 Å². The van der Waals surface area contributed by atoms with Crippen molar-refractivity contribution in [1.29, 1.82) is 0 Å². The molecule has 0 aliphatic heterocycles. The number of hydrogen-bond acceptors (Lipinski definition) is 7. The average molecular weight is 484 g/mol. The maximum absolute atomic E-state index is 10.6. The third-order valence-electron chi connectivity index (χ3n) is 5.30. The smallest absolute Gasteiger partial charge is 0.269 e. The fraction of sp³-hybridized carbons (Fsp3) is 0.769. The van der Waals surface area contributed by atoms with Crippen molar-refractivity contribution in [2.45, 2.75) is 71.1 Å². The minimum Gasteiger partial charge on any atom is -0.491 e. The Morgan fingerprint density at radius 3 is 1.47 bits per heavy atom. The molecule has 0 bridgehead atoms. The molecule has 8 nitrogen and oxygen atoms in total. The van der Waals surface area contributed by atoms with Crippen molar-refractivity contribution in [3.63, 3.8) is 0 Å². The van der Waals surface area contributed by atoms with Crippen molar-refractivity contribution < 1.29 is 28.6 Å². The van der Waals surface area contributed by atoms with E-state index in [1.165, 1.54) is 69.9 Å². The molecule has 0 saturated carbocycles. The Kier molecular flexibility index (Phi) is 20.5. The van der Waals surface area contributed by atoms with Gasteiger partial charge < -0.3 is 23.7 Å². The highest BCUT2D eigenvalue weighted by molar-refractivity contribution is 5.35. The van der Waals surface area contributed by atoms with Crippen LogP contribution in [-0.4, -0.2) is 64.4 Å². The molecule has 1 aromatic carbocycles. The second-order valence-electron chi connectivity index (χ2n) is 8.23. The fourth-order valence-corrected chi connectivity index (χ4v) is 3.34. The molecular formula is C26H45NO7. The summed E-state index contributed by atoms with van der Waals surface area (Å²) >= 11 is 0. The van der Waals surface area contributed by atoms with Crippen LogP contribution in [0.1, 0.15) is 71.1 Å². The Hall–Kier alpha value is -1.74. The van der Waals surface area contributed by atoms with Gasteiger partial charge in [0.2, 0.25) is 0 Å². The van der Waals surface area contributed by atoms with Gasteiger partial charge in [-0.05, 0) is 18.6 Å². The van der Waals surface area contributed by atoms with Gasteiger partial charge in [-0.1, -0.05) is 64.7 Å². The van der Waals surface area contributed by atoms with Crippen molar-refractivity contribution in [2.24, 2.45) is 0 Å². The summed E-state index contributed by atoms with van der Waals surface area (Å²) in [7, 11) is 0. The summed E-state index contributed by atoms with van der Waals surface area (Å²) in [6, 6.07) is 5.97. The SMILES string of the molecule is CCCCCCCCCCCCOCCOCCOCCOCCOc1ccc([N+](=O)[O-])cc1. The summed E-state index contributed by atoms with van der Waals surface area (Å²) in [6.07, 6.45) is 13.4. The third kappa shape index (κ3) is 18.7. The Morgan fingerprint density at radius 2 is 1.00 bits per heavy atom. The molecule has 0 aromatic heterocycles. The molecule has 0 aliphatic rings. The zero-order valence-corrected chi connectivity index (χ0v) is 21.0. The summed E-state index contributed by atoms with van der Waals surface area (Å²) < 4.78 is 27.5. The molecule has 0 amide bonds. The molecule has 0 saturated heterocycles. The maximum Gasteiger partial charge on any atom is 0.269 e. The summed E-state index contributed by atoms with van der Waals surface area (Å²) in [5.74, 6) is 0.579. The van der Waals surface area contributed by atoms with Crippen LogP contribution in [0.2, 0.25) is 0 Å². The molecule has 0 radical (unpaired) electrons. The van der Waals surface area contributed by atoms with Crippen molar-refractivity contribution in [3.8, 4) is 5.75 Å².